The summed E-state index contributed by atoms with van der Waals surface area (Å²) in [5.74, 6) is -4.85. The molecule has 2 aromatic carbocycles. The second-order valence-electron chi connectivity index (χ2n) is 9.85. The van der Waals surface area contributed by atoms with E-state index in [0.29, 0.717) is 17.5 Å². The maximum Gasteiger partial charge on any atom is 0.326 e. The van der Waals surface area contributed by atoms with Crippen molar-refractivity contribution in [1.29, 1.82) is 0 Å². The number of nitrogens with two attached hydrogens (primary N) is 2. The highest BCUT2D eigenvalue weighted by Gasteiger charge is 2.32. The van der Waals surface area contributed by atoms with E-state index in [4.69, 9.17) is 11.5 Å². The second-order valence-corrected chi connectivity index (χ2v) is 9.85. The van der Waals surface area contributed by atoms with Gasteiger partial charge in [0.25, 0.3) is 0 Å². The van der Waals surface area contributed by atoms with Gasteiger partial charge in [0.15, 0.2) is 0 Å². The van der Waals surface area contributed by atoms with Gasteiger partial charge in [-0.05, 0) is 41.3 Å². The van der Waals surface area contributed by atoms with Crippen LogP contribution in [-0.4, -0.2) is 69.1 Å². The van der Waals surface area contributed by atoms with Crippen LogP contribution in [0.15, 0.2) is 48.5 Å². The van der Waals surface area contributed by atoms with Crippen molar-refractivity contribution in [2.75, 3.05) is 0 Å². The highest BCUT2D eigenvalue weighted by atomic mass is 16.4. The zero-order valence-electron chi connectivity index (χ0n) is 22.9. The molecule has 2 aromatic rings. The molecular formula is C28H37N5O8. The van der Waals surface area contributed by atoms with Crippen LogP contribution in [0.25, 0.3) is 0 Å². The molecule has 0 aromatic heterocycles. The van der Waals surface area contributed by atoms with Gasteiger partial charge in [-0.3, -0.25) is 19.2 Å². The van der Waals surface area contributed by atoms with Crippen molar-refractivity contribution in [3.8, 4) is 11.5 Å². The fourth-order valence-corrected chi connectivity index (χ4v) is 3.95. The van der Waals surface area contributed by atoms with Crippen molar-refractivity contribution in [1.82, 2.24) is 16.0 Å². The molecule has 0 bridgehead atoms. The van der Waals surface area contributed by atoms with Gasteiger partial charge in [0, 0.05) is 12.8 Å². The number of benzene rings is 2. The molecule has 2 rings (SSSR count). The van der Waals surface area contributed by atoms with Crippen LogP contribution in [0.2, 0.25) is 0 Å². The number of carboxylic acids is 1. The molecular weight excluding hydrogens is 534 g/mol. The number of aliphatic carboxylic acids is 1. The number of carbonyl (C=O) groups is 5. The Morgan fingerprint density at radius 2 is 1.17 bits per heavy atom. The number of carbonyl (C=O) groups excluding carboxylic acids is 4. The minimum Gasteiger partial charge on any atom is -0.508 e. The van der Waals surface area contributed by atoms with Gasteiger partial charge < -0.3 is 42.7 Å². The van der Waals surface area contributed by atoms with Gasteiger partial charge in [0.1, 0.15) is 29.6 Å². The first-order valence-electron chi connectivity index (χ1n) is 13.0. The molecule has 0 fully saturated rings. The number of nitrogens with one attached hydrogen (secondary N) is 3. The smallest absolute Gasteiger partial charge is 0.326 e. The third-order valence-corrected chi connectivity index (χ3v) is 6.55. The SMILES string of the molecule is CCC(C)C(NC(=O)C(Cc1ccc(O)cc1)NC(=O)C(Cc1ccc(O)cc1)NC(=O)C(N)CC(N)=O)C(=O)O. The quantitative estimate of drug-likeness (QED) is 0.140. The lowest BCUT2D eigenvalue weighted by Crippen LogP contribution is -2.58. The van der Waals surface area contributed by atoms with Crippen molar-refractivity contribution in [3.63, 3.8) is 0 Å². The number of aromatic hydroxyl groups is 2. The molecule has 13 heteroatoms. The van der Waals surface area contributed by atoms with Gasteiger partial charge in [-0.2, -0.15) is 0 Å². The zero-order valence-corrected chi connectivity index (χ0v) is 22.9. The minimum atomic E-state index is -1.33. The Kier molecular flexibility index (Phi) is 12.1. The molecule has 10 N–H and O–H groups in total. The summed E-state index contributed by atoms with van der Waals surface area (Å²) in [5.41, 5.74) is 12.0. The number of primary amides is 1. The van der Waals surface area contributed by atoms with Gasteiger partial charge in [-0.15, -0.1) is 0 Å². The van der Waals surface area contributed by atoms with E-state index in [1.54, 1.807) is 26.0 Å². The fraction of sp³-hybridized carbons (Fsp3) is 0.393. The molecule has 0 saturated carbocycles. The van der Waals surface area contributed by atoms with E-state index in [2.05, 4.69) is 16.0 Å². The number of phenolic OH excluding ortho intramolecular Hbond substituents is 2. The summed E-state index contributed by atoms with van der Waals surface area (Å²) in [7, 11) is 0. The van der Waals surface area contributed by atoms with E-state index in [1.165, 1.54) is 36.4 Å². The predicted molar refractivity (Wildman–Crippen MR) is 148 cm³/mol. The van der Waals surface area contributed by atoms with E-state index in [-0.39, 0.29) is 24.3 Å². The number of hydrogen-bond donors (Lipinski definition) is 8. The maximum atomic E-state index is 13.5. The molecule has 5 unspecified atom stereocenters. The average Bonchev–Trinajstić information content (AvgIpc) is 2.92. The van der Waals surface area contributed by atoms with E-state index < -0.39 is 66.1 Å². The van der Waals surface area contributed by atoms with Gasteiger partial charge in [-0.1, -0.05) is 44.5 Å². The normalized spacial score (nSPS) is 14.5. The molecule has 222 valence electrons. The Balaban J connectivity index is 2.36. The van der Waals surface area contributed by atoms with E-state index in [0.717, 1.165) is 0 Å². The first-order chi connectivity index (χ1) is 19.3. The third kappa shape index (κ3) is 10.4. The number of hydrogen-bond acceptors (Lipinski definition) is 8. The minimum absolute atomic E-state index is 0.00882. The molecule has 0 heterocycles. The second kappa shape index (κ2) is 15.2. The van der Waals surface area contributed by atoms with Crippen molar-refractivity contribution in [2.45, 2.75) is 63.7 Å². The fourth-order valence-electron chi connectivity index (χ4n) is 3.95. The number of carboxylic acid groups (broad SMARTS) is 1. The molecule has 5 atom stereocenters. The van der Waals surface area contributed by atoms with Crippen LogP contribution in [0, 0.1) is 5.92 Å². The van der Waals surface area contributed by atoms with Crippen molar-refractivity contribution in [3.05, 3.63) is 59.7 Å². The largest absolute Gasteiger partial charge is 0.508 e. The molecule has 0 aliphatic carbocycles. The summed E-state index contributed by atoms with van der Waals surface area (Å²) in [5, 5.41) is 36.4. The highest BCUT2D eigenvalue weighted by Crippen LogP contribution is 2.15. The Labute approximate surface area is 237 Å². The van der Waals surface area contributed by atoms with Crippen LogP contribution in [0.4, 0.5) is 0 Å². The van der Waals surface area contributed by atoms with Crippen molar-refractivity contribution < 1.29 is 39.3 Å². The summed E-state index contributed by atoms with van der Waals surface area (Å²) < 4.78 is 0. The predicted octanol–water partition coefficient (Wildman–Crippen LogP) is -0.329. The van der Waals surface area contributed by atoms with Crippen LogP contribution in [0.5, 0.6) is 11.5 Å². The van der Waals surface area contributed by atoms with Gasteiger partial charge in [-0.25, -0.2) is 4.79 Å². The van der Waals surface area contributed by atoms with Gasteiger partial charge in [0.2, 0.25) is 23.6 Å². The standard InChI is InChI=1S/C28H37N5O8/c1-3-15(2)24(28(40)41)33-27(39)22(13-17-6-10-19(35)11-7-17)32-26(38)21(12-16-4-8-18(34)9-5-16)31-25(37)20(29)14-23(30)36/h4-11,15,20-22,24,34-35H,3,12-14,29H2,1-2H3,(H2,30,36)(H,31,37)(H,32,38)(H,33,39)(H,40,41). The molecule has 0 saturated heterocycles. The Morgan fingerprint density at radius 1 is 0.756 bits per heavy atom. The lowest BCUT2D eigenvalue weighted by molar-refractivity contribution is -0.143. The average molecular weight is 572 g/mol. The Morgan fingerprint density at radius 3 is 1.56 bits per heavy atom. The summed E-state index contributed by atoms with van der Waals surface area (Å²) in [6.07, 6.45) is -0.124. The summed E-state index contributed by atoms with van der Waals surface area (Å²) in [6.45, 7) is 3.45. The van der Waals surface area contributed by atoms with E-state index >= 15 is 0 Å². The van der Waals surface area contributed by atoms with E-state index in [1.807, 2.05) is 0 Å². The first-order valence-corrected chi connectivity index (χ1v) is 13.0. The lowest BCUT2D eigenvalue weighted by atomic mass is 9.97. The van der Waals surface area contributed by atoms with Crippen LogP contribution in [-0.2, 0) is 36.8 Å². The molecule has 0 aliphatic rings. The molecule has 13 nitrogen and oxygen atoms in total. The van der Waals surface area contributed by atoms with Crippen LogP contribution in [0.1, 0.15) is 37.8 Å². The highest BCUT2D eigenvalue weighted by molar-refractivity contribution is 5.95. The molecule has 4 amide bonds. The molecule has 0 aliphatic heterocycles. The zero-order chi connectivity index (χ0) is 30.7. The molecule has 41 heavy (non-hydrogen) atoms. The monoisotopic (exact) mass is 571 g/mol. The van der Waals surface area contributed by atoms with Gasteiger partial charge >= 0.3 is 5.97 Å². The number of phenols is 2. The van der Waals surface area contributed by atoms with E-state index in [9.17, 15) is 39.3 Å². The summed E-state index contributed by atoms with van der Waals surface area (Å²) >= 11 is 0. The lowest BCUT2D eigenvalue weighted by Gasteiger charge is -2.27. The van der Waals surface area contributed by atoms with Gasteiger partial charge in [0.05, 0.1) is 12.5 Å². The molecule has 0 radical (unpaired) electrons. The number of rotatable bonds is 15. The first kappa shape index (κ1) is 32.6. The van der Waals surface area contributed by atoms with Crippen molar-refractivity contribution >= 4 is 29.6 Å². The maximum absolute atomic E-state index is 13.5. The summed E-state index contributed by atoms with van der Waals surface area (Å²) in [6, 6.07) is 6.68. The Hall–Kier alpha value is -4.65. The molecule has 0 spiro atoms. The summed E-state index contributed by atoms with van der Waals surface area (Å²) in [4.78, 5) is 62.6. The van der Waals surface area contributed by atoms with Crippen LogP contribution >= 0.6 is 0 Å². The van der Waals surface area contributed by atoms with Crippen LogP contribution in [0.3, 0.4) is 0 Å². The van der Waals surface area contributed by atoms with Crippen molar-refractivity contribution in [2.24, 2.45) is 17.4 Å². The van der Waals surface area contributed by atoms with Crippen LogP contribution < -0.4 is 27.4 Å². The third-order valence-electron chi connectivity index (χ3n) is 6.55. The number of amides is 4. The Bertz CT molecular complexity index is 1220. The topological polar surface area (TPSA) is 234 Å².